The molecule has 0 spiro atoms. The van der Waals surface area contributed by atoms with Crippen molar-refractivity contribution in [1.29, 1.82) is 0 Å². The fourth-order valence-electron chi connectivity index (χ4n) is 6.39. The topological polar surface area (TPSA) is 174 Å². The van der Waals surface area contributed by atoms with Crippen LogP contribution in [0.2, 0.25) is 0 Å². The summed E-state index contributed by atoms with van der Waals surface area (Å²) in [5, 5.41) is 18.3. The third-order valence-corrected chi connectivity index (χ3v) is 10.1. The van der Waals surface area contributed by atoms with E-state index in [0.29, 0.717) is 45.1 Å². The first kappa shape index (κ1) is 37.7. The molecule has 14 heteroatoms. The van der Waals surface area contributed by atoms with E-state index in [9.17, 15) is 33.9 Å². The molecule has 46 heavy (non-hydrogen) atoms. The molecule has 3 rings (SSSR count). The number of hydrogen-bond donors (Lipinski definition) is 4. The van der Waals surface area contributed by atoms with Crippen LogP contribution in [0.4, 0.5) is 0 Å². The number of carbonyl (C=O) groups is 6. The van der Waals surface area contributed by atoms with Crippen LogP contribution in [-0.4, -0.2) is 114 Å². The molecule has 3 aliphatic rings. The summed E-state index contributed by atoms with van der Waals surface area (Å²) in [5.74, 6) is -2.01. The first-order chi connectivity index (χ1) is 21.9. The predicted octanol–water partition coefficient (Wildman–Crippen LogP) is 1.74. The second-order valence-electron chi connectivity index (χ2n) is 13.2. The van der Waals surface area contributed by atoms with Gasteiger partial charge in [-0.1, -0.05) is 26.7 Å². The van der Waals surface area contributed by atoms with Crippen LogP contribution in [0, 0.1) is 17.8 Å². The maximum Gasteiger partial charge on any atom is 0.305 e. The number of aliphatic carboxylic acids is 1. The molecule has 5 unspecified atom stereocenters. The van der Waals surface area contributed by atoms with E-state index in [-0.39, 0.29) is 91.4 Å². The van der Waals surface area contributed by atoms with Gasteiger partial charge in [0, 0.05) is 50.4 Å². The Balaban J connectivity index is 1.58. The number of carboxylic acids is 1. The van der Waals surface area contributed by atoms with Crippen LogP contribution in [-0.2, 0) is 33.5 Å². The molecule has 260 valence electrons. The largest absolute Gasteiger partial charge is 0.481 e. The Morgan fingerprint density at radius 1 is 0.913 bits per heavy atom. The first-order valence-corrected chi connectivity index (χ1v) is 17.8. The van der Waals surface area contributed by atoms with Gasteiger partial charge >= 0.3 is 5.97 Å². The van der Waals surface area contributed by atoms with Crippen molar-refractivity contribution >= 4 is 47.1 Å². The number of hydrogen-bond acceptors (Lipinski definition) is 9. The van der Waals surface area contributed by atoms with E-state index in [4.69, 9.17) is 4.74 Å². The Hall–Kier alpha value is -2.71. The van der Waals surface area contributed by atoms with Gasteiger partial charge in [0.05, 0.1) is 32.0 Å². The number of amides is 4. The molecule has 1 saturated heterocycles. The van der Waals surface area contributed by atoms with Gasteiger partial charge in [0.25, 0.3) is 0 Å². The van der Waals surface area contributed by atoms with E-state index in [1.165, 1.54) is 9.80 Å². The number of nitrogens with zero attached hydrogens (tertiary/aromatic N) is 2. The summed E-state index contributed by atoms with van der Waals surface area (Å²) in [6, 6.07) is -0.249. The van der Waals surface area contributed by atoms with Crippen LogP contribution in [0.25, 0.3) is 0 Å². The number of rotatable bonds is 17. The summed E-state index contributed by atoms with van der Waals surface area (Å²) in [5.41, 5.74) is -0.169. The van der Waals surface area contributed by atoms with Crippen LogP contribution in [0.5, 0.6) is 0 Å². The minimum atomic E-state index is -1.06. The SMILES string of the molecule is COC1CCCC(C(=O)N(CCC(=O)O)CC(=O)N(CCC(C)C)CC(=O)NC2CCCC(C(=O)CC(=O)NC3NCCS3)C2)C1. The number of carbonyl (C=O) groups excluding carboxylic acids is 5. The zero-order valence-corrected chi connectivity index (χ0v) is 28.4. The zero-order valence-electron chi connectivity index (χ0n) is 27.6. The maximum absolute atomic E-state index is 13.6. The molecular formula is C32H53N5O8S. The Morgan fingerprint density at radius 2 is 1.65 bits per heavy atom. The third kappa shape index (κ3) is 12.8. The van der Waals surface area contributed by atoms with Crippen molar-refractivity contribution in [2.45, 2.75) is 102 Å². The van der Waals surface area contributed by atoms with E-state index in [2.05, 4.69) is 16.0 Å². The maximum atomic E-state index is 13.6. The van der Waals surface area contributed by atoms with Crippen molar-refractivity contribution in [3.63, 3.8) is 0 Å². The van der Waals surface area contributed by atoms with Gasteiger partial charge in [0.2, 0.25) is 23.6 Å². The molecule has 0 bridgehead atoms. The highest BCUT2D eigenvalue weighted by Crippen LogP contribution is 2.28. The molecule has 4 amide bonds. The van der Waals surface area contributed by atoms with Crippen LogP contribution in [0.15, 0.2) is 0 Å². The fourth-order valence-corrected chi connectivity index (χ4v) is 7.31. The Bertz CT molecular complexity index is 1070. The van der Waals surface area contributed by atoms with E-state index in [1.54, 1.807) is 18.9 Å². The lowest BCUT2D eigenvalue weighted by Crippen LogP contribution is -2.50. The number of ketones is 1. The van der Waals surface area contributed by atoms with Crippen molar-refractivity contribution in [1.82, 2.24) is 25.8 Å². The van der Waals surface area contributed by atoms with Gasteiger partial charge in [-0.2, -0.15) is 0 Å². The van der Waals surface area contributed by atoms with Crippen LogP contribution < -0.4 is 16.0 Å². The summed E-state index contributed by atoms with van der Waals surface area (Å²) >= 11 is 1.59. The van der Waals surface area contributed by atoms with Crippen LogP contribution in [0.1, 0.15) is 84.5 Å². The van der Waals surface area contributed by atoms with E-state index < -0.39 is 11.9 Å². The lowest BCUT2D eigenvalue weighted by Gasteiger charge is -2.33. The normalized spacial score (nSPS) is 24.7. The number of carboxylic acid groups (broad SMARTS) is 1. The standard InChI is InChI=1S/C32H53N5O8S/c1-21(2)10-13-36(29(41)20-37(14-11-30(42)43)31(44)23-7-5-9-25(17-23)45-3)19-28(40)34-24-8-4-6-22(16-24)26(38)18-27(39)35-32-33-12-15-46-32/h21-25,32-33H,4-20H2,1-3H3,(H,34,40)(H,35,39)(H,42,43). The van der Waals surface area contributed by atoms with Gasteiger partial charge in [-0.15, -0.1) is 11.8 Å². The van der Waals surface area contributed by atoms with Crippen LogP contribution in [0.3, 0.4) is 0 Å². The monoisotopic (exact) mass is 667 g/mol. The second kappa shape index (κ2) is 19.2. The van der Waals surface area contributed by atoms with Crippen molar-refractivity contribution in [2.75, 3.05) is 45.6 Å². The molecule has 0 aromatic rings. The average molecular weight is 668 g/mol. The van der Waals surface area contributed by atoms with Crippen molar-refractivity contribution in [3.05, 3.63) is 0 Å². The molecule has 0 aromatic heterocycles. The smallest absolute Gasteiger partial charge is 0.305 e. The molecule has 13 nitrogen and oxygen atoms in total. The molecule has 5 atom stereocenters. The minimum Gasteiger partial charge on any atom is -0.481 e. The number of nitrogens with one attached hydrogen (secondary N) is 3. The number of Topliss-reactive ketones (excluding diaryl/α,β-unsaturated/α-hetero) is 1. The Kier molecular flexibility index (Phi) is 15.7. The predicted molar refractivity (Wildman–Crippen MR) is 174 cm³/mol. The fraction of sp³-hybridized carbons (Fsp3) is 0.812. The number of thioether (sulfide) groups is 1. The number of ether oxygens (including phenoxy) is 1. The molecule has 1 aliphatic heterocycles. The quantitative estimate of drug-likeness (QED) is 0.167. The van der Waals surface area contributed by atoms with Gasteiger partial charge in [0.15, 0.2) is 0 Å². The van der Waals surface area contributed by atoms with E-state index in [1.807, 2.05) is 13.8 Å². The summed E-state index contributed by atoms with van der Waals surface area (Å²) in [6.07, 6.45) is 5.52. The molecule has 2 saturated carbocycles. The molecule has 0 radical (unpaired) electrons. The summed E-state index contributed by atoms with van der Waals surface area (Å²) in [7, 11) is 1.61. The average Bonchev–Trinajstić information content (AvgIpc) is 3.53. The van der Waals surface area contributed by atoms with Crippen LogP contribution >= 0.6 is 11.8 Å². The zero-order chi connectivity index (χ0) is 33.6. The molecule has 4 N–H and O–H groups in total. The van der Waals surface area contributed by atoms with E-state index in [0.717, 1.165) is 31.6 Å². The van der Waals surface area contributed by atoms with Gasteiger partial charge in [-0.05, 0) is 50.9 Å². The summed E-state index contributed by atoms with van der Waals surface area (Å²) in [6.45, 7) is 4.56. The van der Waals surface area contributed by atoms with Gasteiger partial charge in [0.1, 0.15) is 11.3 Å². The van der Waals surface area contributed by atoms with Crippen molar-refractivity contribution < 1.29 is 38.6 Å². The lowest BCUT2D eigenvalue weighted by molar-refractivity contribution is -0.147. The molecule has 0 aromatic carbocycles. The van der Waals surface area contributed by atoms with Gasteiger partial charge in [-0.3, -0.25) is 34.1 Å². The highest BCUT2D eigenvalue weighted by Gasteiger charge is 2.33. The van der Waals surface area contributed by atoms with Crippen molar-refractivity contribution in [3.8, 4) is 0 Å². The molecular weight excluding hydrogens is 614 g/mol. The molecule has 3 fully saturated rings. The molecule has 1 heterocycles. The third-order valence-electron chi connectivity index (χ3n) is 9.04. The van der Waals surface area contributed by atoms with Crippen molar-refractivity contribution in [2.24, 2.45) is 17.8 Å². The number of methoxy groups -OCH3 is 1. The lowest BCUT2D eigenvalue weighted by atomic mass is 9.82. The Morgan fingerprint density at radius 3 is 2.33 bits per heavy atom. The molecule has 2 aliphatic carbocycles. The Labute approximate surface area is 276 Å². The minimum absolute atomic E-state index is 0.0499. The summed E-state index contributed by atoms with van der Waals surface area (Å²) in [4.78, 5) is 79.7. The van der Waals surface area contributed by atoms with E-state index >= 15 is 0 Å². The summed E-state index contributed by atoms with van der Waals surface area (Å²) < 4.78 is 5.47. The highest BCUT2D eigenvalue weighted by atomic mass is 32.2. The second-order valence-corrected chi connectivity index (χ2v) is 14.4. The van der Waals surface area contributed by atoms with Gasteiger partial charge in [-0.25, -0.2) is 0 Å². The first-order valence-electron chi connectivity index (χ1n) is 16.7. The highest BCUT2D eigenvalue weighted by molar-refractivity contribution is 8.00. The van der Waals surface area contributed by atoms with Gasteiger partial charge < -0.3 is 30.3 Å².